The van der Waals surface area contributed by atoms with E-state index < -0.39 is 12.1 Å². The normalized spacial score (nSPS) is 13.3. The molecule has 4 heteroatoms. The van der Waals surface area contributed by atoms with Gasteiger partial charge in [-0.05, 0) is 89.9 Å². The van der Waals surface area contributed by atoms with E-state index >= 15 is 0 Å². The molecule has 0 aliphatic carbocycles. The summed E-state index contributed by atoms with van der Waals surface area (Å²) in [4.78, 5) is 12.6. The first kappa shape index (κ1) is 81.0. The molecule has 486 valence electrons. The van der Waals surface area contributed by atoms with Gasteiger partial charge in [-0.2, -0.15) is 0 Å². The average Bonchev–Trinajstić information content (AvgIpc) is 3.51. The molecular formula is C80H143NO3. The number of hydrogen-bond donors (Lipinski definition) is 3. The number of aliphatic hydroxyl groups is 2. The van der Waals surface area contributed by atoms with E-state index in [1.165, 1.54) is 276 Å². The van der Waals surface area contributed by atoms with Gasteiger partial charge in [0, 0.05) is 6.42 Å². The zero-order valence-corrected chi connectivity index (χ0v) is 56.2. The van der Waals surface area contributed by atoms with Crippen LogP contribution in [0.5, 0.6) is 0 Å². The minimum absolute atomic E-state index is 0.0703. The lowest BCUT2D eigenvalue weighted by molar-refractivity contribution is -0.123. The molecule has 84 heavy (non-hydrogen) atoms. The van der Waals surface area contributed by atoms with Crippen LogP contribution in [-0.2, 0) is 4.79 Å². The van der Waals surface area contributed by atoms with Crippen molar-refractivity contribution in [1.82, 2.24) is 5.32 Å². The van der Waals surface area contributed by atoms with Crippen molar-refractivity contribution < 1.29 is 15.0 Å². The summed E-state index contributed by atoms with van der Waals surface area (Å²) in [6.07, 6.45) is 112. The van der Waals surface area contributed by atoms with Gasteiger partial charge in [0.05, 0.1) is 18.8 Å². The first-order chi connectivity index (χ1) is 41.7. The van der Waals surface area contributed by atoms with E-state index in [9.17, 15) is 15.0 Å². The lowest BCUT2D eigenvalue weighted by Gasteiger charge is -2.19. The predicted molar refractivity (Wildman–Crippen MR) is 377 cm³/mol. The van der Waals surface area contributed by atoms with Crippen molar-refractivity contribution in [3.8, 4) is 0 Å². The molecule has 0 heterocycles. The van der Waals surface area contributed by atoms with Crippen molar-refractivity contribution >= 4 is 5.91 Å². The van der Waals surface area contributed by atoms with Gasteiger partial charge in [0.2, 0.25) is 5.91 Å². The maximum atomic E-state index is 12.6. The Hall–Kier alpha value is -2.95. The SMILES string of the molecule is CC/C=C\C/C=C\C/C=C\C/C=C\C/C=C\C/C=C\C/C=C\CCCCCCCCCCCCCCCCCCCCCC(=O)NC(CO)C(O)/C=C/CC/C=C/CCCCCCCCCCCCCCCCCCCCCCCCCCC. The molecule has 0 spiro atoms. The predicted octanol–water partition coefficient (Wildman–Crippen LogP) is 25.7. The van der Waals surface area contributed by atoms with Crippen LogP contribution in [0.4, 0.5) is 0 Å². The van der Waals surface area contributed by atoms with Crippen molar-refractivity contribution in [1.29, 1.82) is 0 Å². The van der Waals surface area contributed by atoms with E-state index in [1.807, 2.05) is 6.08 Å². The molecule has 0 saturated heterocycles. The summed E-state index contributed by atoms with van der Waals surface area (Å²) in [7, 11) is 0. The monoisotopic (exact) mass is 1170 g/mol. The van der Waals surface area contributed by atoms with Crippen LogP contribution in [0.1, 0.15) is 373 Å². The molecule has 0 aromatic carbocycles. The lowest BCUT2D eigenvalue weighted by atomic mass is 10.0. The van der Waals surface area contributed by atoms with Gasteiger partial charge in [-0.25, -0.2) is 0 Å². The van der Waals surface area contributed by atoms with Crippen molar-refractivity contribution in [2.45, 2.75) is 386 Å². The third-order valence-electron chi connectivity index (χ3n) is 16.7. The first-order valence-electron chi connectivity index (χ1n) is 37.1. The largest absolute Gasteiger partial charge is 0.394 e. The van der Waals surface area contributed by atoms with Crippen LogP contribution in [0.3, 0.4) is 0 Å². The Balaban J connectivity index is 3.48. The van der Waals surface area contributed by atoms with E-state index in [2.05, 4.69) is 116 Å². The minimum Gasteiger partial charge on any atom is -0.394 e. The number of nitrogens with one attached hydrogen (secondary N) is 1. The van der Waals surface area contributed by atoms with Crippen LogP contribution < -0.4 is 5.32 Å². The van der Waals surface area contributed by atoms with Gasteiger partial charge in [-0.1, -0.05) is 386 Å². The maximum Gasteiger partial charge on any atom is 0.220 e. The summed E-state index contributed by atoms with van der Waals surface area (Å²) in [5.41, 5.74) is 0. The van der Waals surface area contributed by atoms with Crippen molar-refractivity contribution in [2.75, 3.05) is 6.61 Å². The zero-order valence-electron chi connectivity index (χ0n) is 56.2. The molecule has 2 unspecified atom stereocenters. The van der Waals surface area contributed by atoms with E-state index in [4.69, 9.17) is 0 Å². The van der Waals surface area contributed by atoms with Crippen molar-refractivity contribution in [3.63, 3.8) is 0 Å². The topological polar surface area (TPSA) is 69.6 Å². The Kier molecular flexibility index (Phi) is 71.7. The highest BCUT2D eigenvalue weighted by atomic mass is 16.3. The summed E-state index contributed by atoms with van der Waals surface area (Å²) in [6.45, 7) is 4.21. The molecule has 0 aliphatic heterocycles. The number of unbranched alkanes of at least 4 members (excludes halogenated alkanes) is 45. The highest BCUT2D eigenvalue weighted by Gasteiger charge is 2.18. The van der Waals surface area contributed by atoms with Crippen LogP contribution >= 0.6 is 0 Å². The van der Waals surface area contributed by atoms with Gasteiger partial charge < -0.3 is 15.5 Å². The molecule has 0 aromatic rings. The minimum atomic E-state index is -0.868. The van der Waals surface area contributed by atoms with Crippen LogP contribution in [-0.4, -0.2) is 34.9 Å². The van der Waals surface area contributed by atoms with Crippen LogP contribution in [0, 0.1) is 0 Å². The van der Waals surface area contributed by atoms with Gasteiger partial charge in [0.25, 0.3) is 0 Å². The fraction of sp³-hybridized carbons (Fsp3) is 0.762. The van der Waals surface area contributed by atoms with Gasteiger partial charge >= 0.3 is 0 Å². The number of aliphatic hydroxyl groups excluding tert-OH is 2. The molecule has 0 bridgehead atoms. The van der Waals surface area contributed by atoms with Crippen LogP contribution in [0.15, 0.2) is 109 Å². The Morgan fingerprint density at radius 2 is 0.536 bits per heavy atom. The first-order valence-corrected chi connectivity index (χ1v) is 37.1. The Labute approximate surface area is 525 Å². The summed E-state index contributed by atoms with van der Waals surface area (Å²) in [5, 5.41) is 23.3. The zero-order chi connectivity index (χ0) is 60.5. The molecule has 4 nitrogen and oxygen atoms in total. The number of allylic oxidation sites excluding steroid dienone is 17. The molecule has 0 aromatic heterocycles. The van der Waals surface area contributed by atoms with Gasteiger partial charge in [0.15, 0.2) is 0 Å². The summed E-state index contributed by atoms with van der Waals surface area (Å²) >= 11 is 0. The number of rotatable bonds is 68. The third kappa shape index (κ3) is 69.8. The standard InChI is InChI=1S/C80H143NO3/c1-3-5-7-9-11-13-15-17-19-21-23-25-27-29-31-33-35-36-37-38-39-40-41-42-43-44-46-48-50-52-54-56-58-60-62-64-66-68-70-72-74-76-80(84)81-78(77-82)79(83)75-73-71-69-67-65-63-61-59-57-55-53-51-49-47-45-34-32-30-28-26-24-22-20-18-16-14-12-10-8-6-4-2/h5,7,11,13,17,19,23,25,29,31,35-36,38-39,65,67,73,75,78-79,82-83H,3-4,6,8-10,12,14-16,18,20-22,24,26-28,30,32-34,37,40-64,66,68-72,74,76-77H2,1-2H3,(H,81,84)/b7-5-,13-11-,19-17-,25-23-,31-29-,36-35-,39-38-,67-65+,75-73+. The smallest absolute Gasteiger partial charge is 0.220 e. The number of amides is 1. The van der Waals surface area contributed by atoms with E-state index in [0.29, 0.717) is 6.42 Å². The number of carbonyl (C=O) groups excluding carboxylic acids is 1. The van der Waals surface area contributed by atoms with E-state index in [1.54, 1.807) is 6.08 Å². The number of carbonyl (C=O) groups is 1. The Bertz CT molecular complexity index is 1560. The number of hydrogen-bond acceptors (Lipinski definition) is 3. The fourth-order valence-electron chi connectivity index (χ4n) is 11.2. The average molecular weight is 1170 g/mol. The summed E-state index contributed by atoms with van der Waals surface area (Å²) < 4.78 is 0. The molecule has 0 saturated carbocycles. The summed E-state index contributed by atoms with van der Waals surface area (Å²) in [6, 6.07) is -0.645. The van der Waals surface area contributed by atoms with Crippen molar-refractivity contribution in [2.24, 2.45) is 0 Å². The van der Waals surface area contributed by atoms with E-state index in [-0.39, 0.29) is 12.5 Å². The van der Waals surface area contributed by atoms with Crippen LogP contribution in [0.25, 0.3) is 0 Å². The molecule has 0 rings (SSSR count). The second-order valence-electron chi connectivity index (χ2n) is 25.0. The van der Waals surface area contributed by atoms with Crippen LogP contribution in [0.2, 0.25) is 0 Å². The second-order valence-corrected chi connectivity index (χ2v) is 25.0. The lowest BCUT2D eigenvalue weighted by Crippen LogP contribution is -2.45. The van der Waals surface area contributed by atoms with Gasteiger partial charge in [0.1, 0.15) is 0 Å². The molecule has 2 atom stereocenters. The van der Waals surface area contributed by atoms with Gasteiger partial charge in [-0.3, -0.25) is 4.79 Å². The molecule has 0 radical (unpaired) electrons. The molecular weight excluding hydrogens is 1020 g/mol. The highest BCUT2D eigenvalue weighted by Crippen LogP contribution is 2.19. The highest BCUT2D eigenvalue weighted by molar-refractivity contribution is 5.76. The quantitative estimate of drug-likeness (QED) is 0.0420. The Morgan fingerprint density at radius 3 is 0.833 bits per heavy atom. The summed E-state index contributed by atoms with van der Waals surface area (Å²) in [5.74, 6) is -0.0703. The van der Waals surface area contributed by atoms with Crippen molar-refractivity contribution in [3.05, 3.63) is 109 Å². The molecule has 0 aliphatic rings. The Morgan fingerprint density at radius 1 is 0.298 bits per heavy atom. The molecule has 3 N–H and O–H groups in total. The molecule has 1 amide bonds. The fourth-order valence-corrected chi connectivity index (χ4v) is 11.2. The maximum absolute atomic E-state index is 12.6. The molecule has 0 fully saturated rings. The third-order valence-corrected chi connectivity index (χ3v) is 16.7. The van der Waals surface area contributed by atoms with E-state index in [0.717, 1.165) is 77.0 Å². The van der Waals surface area contributed by atoms with Gasteiger partial charge in [-0.15, -0.1) is 0 Å². The second kappa shape index (κ2) is 74.3.